The first-order valence-electron chi connectivity index (χ1n) is 15.5. The molecule has 1 fully saturated rings. The SMILES string of the molecule is CC(Cn1c(CN2CCC(c3cccc4c3O[C@@](C)(c3ccc(Cl)cn3)O4)CC2)nc2cc(-c3n[nH]c(C(F)(F)F)n3)ncc21)OC(F)F. The van der Waals surface area contributed by atoms with Crippen molar-refractivity contribution < 1.29 is 36.2 Å². The zero-order chi connectivity index (χ0) is 34.5. The number of rotatable bonds is 9. The summed E-state index contributed by atoms with van der Waals surface area (Å²) in [6.07, 6.45) is -0.973. The van der Waals surface area contributed by atoms with E-state index in [4.69, 9.17) is 30.8 Å². The van der Waals surface area contributed by atoms with Crippen molar-refractivity contribution in [1.29, 1.82) is 0 Å². The number of ether oxygens (including phenoxy) is 3. The highest BCUT2D eigenvalue weighted by molar-refractivity contribution is 6.30. The van der Waals surface area contributed by atoms with Crippen LogP contribution < -0.4 is 9.47 Å². The van der Waals surface area contributed by atoms with Crippen molar-refractivity contribution in [2.75, 3.05) is 13.1 Å². The minimum atomic E-state index is -4.70. The van der Waals surface area contributed by atoms with Crippen LogP contribution >= 0.6 is 11.6 Å². The van der Waals surface area contributed by atoms with E-state index >= 15 is 0 Å². The van der Waals surface area contributed by atoms with Gasteiger partial charge >= 0.3 is 12.8 Å². The number of alkyl halides is 5. The number of fused-ring (bicyclic) bond motifs is 2. The Kier molecular flexibility index (Phi) is 8.65. The molecule has 0 radical (unpaired) electrons. The fourth-order valence-corrected chi connectivity index (χ4v) is 6.43. The summed E-state index contributed by atoms with van der Waals surface area (Å²) in [5, 5.41) is 6.05. The maximum Gasteiger partial charge on any atom is 0.451 e. The Morgan fingerprint density at radius 3 is 2.57 bits per heavy atom. The van der Waals surface area contributed by atoms with E-state index in [-0.39, 0.29) is 24.0 Å². The van der Waals surface area contributed by atoms with Crippen molar-refractivity contribution in [3.8, 4) is 23.0 Å². The predicted octanol–water partition coefficient (Wildman–Crippen LogP) is 6.94. The van der Waals surface area contributed by atoms with Crippen LogP contribution in [0.15, 0.2) is 48.8 Å². The maximum atomic E-state index is 13.1. The zero-order valence-corrected chi connectivity index (χ0v) is 27.0. The number of nitrogens with one attached hydrogen (secondary N) is 1. The van der Waals surface area contributed by atoms with Crippen LogP contribution in [-0.4, -0.2) is 65.4 Å². The molecule has 2 atom stereocenters. The molecule has 258 valence electrons. The summed E-state index contributed by atoms with van der Waals surface area (Å²) in [4.78, 5) is 19.1. The van der Waals surface area contributed by atoms with Gasteiger partial charge in [-0.2, -0.15) is 27.1 Å². The van der Waals surface area contributed by atoms with E-state index in [0.29, 0.717) is 58.7 Å². The maximum absolute atomic E-state index is 13.1. The van der Waals surface area contributed by atoms with E-state index in [1.807, 2.05) is 30.2 Å². The monoisotopic (exact) mass is 704 g/mol. The van der Waals surface area contributed by atoms with Crippen molar-refractivity contribution in [2.45, 2.75) is 70.4 Å². The van der Waals surface area contributed by atoms with Gasteiger partial charge in [-0.15, -0.1) is 0 Å². The van der Waals surface area contributed by atoms with Gasteiger partial charge in [-0.1, -0.05) is 23.7 Å². The average Bonchev–Trinajstić information content (AvgIpc) is 3.77. The first-order valence-corrected chi connectivity index (χ1v) is 15.9. The molecular formula is C32H30ClF5N8O3. The van der Waals surface area contributed by atoms with Crippen LogP contribution in [-0.2, 0) is 29.8 Å². The second-order valence-corrected chi connectivity index (χ2v) is 12.6. The number of piperidine rings is 1. The molecule has 0 saturated carbocycles. The fraction of sp³-hybridized carbons (Fsp3) is 0.406. The molecule has 4 aromatic heterocycles. The molecule has 11 nitrogen and oxygen atoms in total. The Balaban J connectivity index is 1.09. The number of hydrogen-bond acceptors (Lipinski definition) is 9. The van der Waals surface area contributed by atoms with E-state index in [1.165, 1.54) is 19.2 Å². The fourth-order valence-electron chi connectivity index (χ4n) is 6.32. The molecule has 1 aromatic carbocycles. The second kappa shape index (κ2) is 12.8. The van der Waals surface area contributed by atoms with Crippen molar-refractivity contribution in [2.24, 2.45) is 0 Å². The highest BCUT2D eigenvalue weighted by Crippen LogP contribution is 2.49. The number of nitrogens with zero attached hydrogens (tertiary/aromatic N) is 7. The quantitative estimate of drug-likeness (QED) is 0.163. The summed E-state index contributed by atoms with van der Waals surface area (Å²) < 4.78 is 84.5. The Morgan fingerprint density at radius 2 is 1.88 bits per heavy atom. The number of para-hydroxylation sites is 1. The third-order valence-corrected chi connectivity index (χ3v) is 8.89. The number of aromatic amines is 1. The molecule has 6 heterocycles. The van der Waals surface area contributed by atoms with Crippen LogP contribution in [0.25, 0.3) is 22.6 Å². The minimum absolute atomic E-state index is 0.0568. The van der Waals surface area contributed by atoms with Gasteiger partial charge in [0.25, 0.3) is 5.79 Å². The minimum Gasteiger partial charge on any atom is -0.443 e. The van der Waals surface area contributed by atoms with Crippen molar-refractivity contribution in [3.05, 3.63) is 76.7 Å². The number of pyridine rings is 2. The van der Waals surface area contributed by atoms with E-state index in [0.717, 1.165) is 18.4 Å². The molecule has 0 aliphatic carbocycles. The number of benzene rings is 1. The molecule has 1 unspecified atom stereocenters. The van der Waals surface area contributed by atoms with Crippen LogP contribution in [0, 0.1) is 0 Å². The summed E-state index contributed by atoms with van der Waals surface area (Å²) in [6.45, 7) is 2.25. The average molecular weight is 705 g/mol. The Labute approximate surface area is 281 Å². The van der Waals surface area contributed by atoms with Gasteiger partial charge in [0.05, 0.1) is 41.4 Å². The molecule has 17 heteroatoms. The molecule has 0 amide bonds. The number of H-pyrrole nitrogens is 1. The molecule has 2 aliphatic heterocycles. The molecule has 1 saturated heterocycles. The third-order valence-electron chi connectivity index (χ3n) is 8.67. The highest BCUT2D eigenvalue weighted by Gasteiger charge is 2.42. The summed E-state index contributed by atoms with van der Waals surface area (Å²) in [7, 11) is 0. The molecule has 2 aliphatic rings. The molecule has 0 spiro atoms. The molecular weight excluding hydrogens is 675 g/mol. The van der Waals surface area contributed by atoms with Gasteiger partial charge in [0.2, 0.25) is 5.82 Å². The lowest BCUT2D eigenvalue weighted by Crippen LogP contribution is -2.34. The predicted molar refractivity (Wildman–Crippen MR) is 166 cm³/mol. The van der Waals surface area contributed by atoms with E-state index < -0.39 is 30.5 Å². The molecule has 1 N–H and O–H groups in total. The van der Waals surface area contributed by atoms with Crippen molar-refractivity contribution in [3.63, 3.8) is 0 Å². The van der Waals surface area contributed by atoms with Gasteiger partial charge in [-0.25, -0.2) is 9.97 Å². The summed E-state index contributed by atoms with van der Waals surface area (Å²) in [5.74, 6) is -0.503. The standard InChI is InChI=1S/C32H30ClF5N8O3/c1-17(47-30(34)35)15-46-23-14-39-22(28-42-29(44-43-28)32(36,37)38)12-21(23)41-26(46)16-45-10-8-18(9-11-45)20-4-3-5-24-27(20)49-31(2,48-24)25-7-6-19(33)13-40-25/h3-7,12-14,17-18,30H,8-11,15-16H2,1-2H3,(H,42,43,44)/t17?,31-/m0/s1. The Morgan fingerprint density at radius 1 is 1.08 bits per heavy atom. The summed E-state index contributed by atoms with van der Waals surface area (Å²) in [6, 6.07) is 10.9. The second-order valence-electron chi connectivity index (χ2n) is 12.1. The normalized spacial score (nSPS) is 19.3. The zero-order valence-electron chi connectivity index (χ0n) is 26.2. The number of hydrogen-bond donors (Lipinski definition) is 1. The number of halogens is 6. The van der Waals surface area contributed by atoms with Gasteiger partial charge in [0.15, 0.2) is 17.3 Å². The lowest BCUT2D eigenvalue weighted by atomic mass is 9.88. The van der Waals surface area contributed by atoms with Crippen molar-refractivity contribution >= 4 is 22.6 Å². The van der Waals surface area contributed by atoms with Gasteiger partial charge in [0, 0.05) is 18.7 Å². The van der Waals surface area contributed by atoms with E-state index in [9.17, 15) is 22.0 Å². The largest absolute Gasteiger partial charge is 0.451 e. The number of likely N-dealkylation sites (tertiary alicyclic amines) is 1. The third kappa shape index (κ3) is 6.76. The highest BCUT2D eigenvalue weighted by atomic mass is 35.5. The van der Waals surface area contributed by atoms with E-state index in [2.05, 4.69) is 25.0 Å². The van der Waals surface area contributed by atoms with Gasteiger partial charge in [-0.05, 0) is 63.0 Å². The lowest BCUT2D eigenvalue weighted by molar-refractivity contribution is -0.160. The topological polar surface area (TPSA) is 116 Å². The van der Waals surface area contributed by atoms with Gasteiger partial charge < -0.3 is 18.8 Å². The summed E-state index contributed by atoms with van der Waals surface area (Å²) in [5.41, 5.74) is 2.64. The van der Waals surface area contributed by atoms with Crippen LogP contribution in [0.2, 0.25) is 5.02 Å². The molecule has 7 rings (SSSR count). The lowest BCUT2D eigenvalue weighted by Gasteiger charge is -2.32. The molecule has 5 aromatic rings. The van der Waals surface area contributed by atoms with Gasteiger partial charge in [0.1, 0.15) is 17.2 Å². The summed E-state index contributed by atoms with van der Waals surface area (Å²) >= 11 is 6.03. The first-order chi connectivity index (χ1) is 23.4. The first kappa shape index (κ1) is 33.1. The van der Waals surface area contributed by atoms with Crippen molar-refractivity contribution in [1.82, 2.24) is 39.6 Å². The number of imidazole rings is 1. The van der Waals surface area contributed by atoms with Gasteiger partial charge in [-0.3, -0.25) is 20.0 Å². The molecule has 49 heavy (non-hydrogen) atoms. The van der Waals surface area contributed by atoms with Crippen LogP contribution in [0.5, 0.6) is 11.5 Å². The van der Waals surface area contributed by atoms with E-state index in [1.54, 1.807) is 22.9 Å². The number of aromatic nitrogens is 7. The van der Waals surface area contributed by atoms with Crippen LogP contribution in [0.1, 0.15) is 55.5 Å². The Hall–Kier alpha value is -4.41. The Bertz CT molecular complexity index is 1960. The van der Waals surface area contributed by atoms with Crippen LogP contribution in [0.4, 0.5) is 22.0 Å². The van der Waals surface area contributed by atoms with Crippen LogP contribution in [0.3, 0.4) is 0 Å². The smallest absolute Gasteiger partial charge is 0.443 e. The molecule has 0 bridgehead atoms.